The number of aliphatic imine (C=N–C) groups is 2. The van der Waals surface area contributed by atoms with Crippen molar-refractivity contribution in [2.45, 2.75) is 26.7 Å². The van der Waals surface area contributed by atoms with Crippen LogP contribution in [0.25, 0.3) is 0 Å². The van der Waals surface area contributed by atoms with E-state index in [2.05, 4.69) is 38.9 Å². The first-order valence-electron chi connectivity index (χ1n) is 5.75. The predicted octanol–water partition coefficient (Wildman–Crippen LogP) is 4.10. The molecule has 0 aliphatic carbocycles. The molecule has 0 aliphatic heterocycles. The van der Waals surface area contributed by atoms with Crippen molar-refractivity contribution in [1.82, 2.24) is 0 Å². The Morgan fingerprint density at radius 1 is 1.39 bits per heavy atom. The summed E-state index contributed by atoms with van der Waals surface area (Å²) in [5.74, 6) is 0. The van der Waals surface area contributed by atoms with Crippen molar-refractivity contribution in [3.05, 3.63) is 35.4 Å². The molecule has 1 aromatic rings. The van der Waals surface area contributed by atoms with Crippen LogP contribution in [-0.4, -0.2) is 18.0 Å². The molecule has 0 amide bonds. The molecule has 0 aliphatic rings. The van der Waals surface area contributed by atoms with Gasteiger partial charge < -0.3 is 0 Å². The van der Waals surface area contributed by atoms with Gasteiger partial charge in [-0.3, -0.25) is 4.99 Å². The highest BCUT2D eigenvalue weighted by molar-refractivity contribution is 9.18. The highest BCUT2D eigenvalue weighted by Crippen LogP contribution is 1.99. The second-order valence-electron chi connectivity index (χ2n) is 3.57. The number of benzene rings is 1. The maximum atomic E-state index is 8.38. The van der Waals surface area contributed by atoms with Crippen LogP contribution in [0.15, 0.2) is 34.3 Å². The number of amidine groups is 1. The summed E-state index contributed by atoms with van der Waals surface area (Å²) in [5, 5.41) is 8.38. The van der Waals surface area contributed by atoms with Crippen molar-refractivity contribution in [1.29, 1.82) is 5.26 Å². The summed E-state index contributed by atoms with van der Waals surface area (Å²) in [5.41, 5.74) is 1.91. The molecule has 0 atom stereocenters. The second-order valence-corrected chi connectivity index (χ2v) is 4.28. The molecule has 0 saturated carbocycles. The molecule has 18 heavy (non-hydrogen) atoms. The predicted molar refractivity (Wildman–Crippen MR) is 81.6 cm³/mol. The molecule has 0 radical (unpaired) electrons. The summed E-state index contributed by atoms with van der Waals surface area (Å²) in [6.07, 6.45) is 4.01. The quantitative estimate of drug-likeness (QED) is 0.461. The Morgan fingerprint density at radius 2 is 2.00 bits per heavy atom. The Labute approximate surface area is 117 Å². The van der Waals surface area contributed by atoms with E-state index in [0.717, 1.165) is 18.4 Å². The zero-order valence-corrected chi connectivity index (χ0v) is 12.6. The highest BCUT2D eigenvalue weighted by Gasteiger charge is 1.85. The Morgan fingerprint density at radius 3 is 2.44 bits per heavy atom. The van der Waals surface area contributed by atoms with Gasteiger partial charge in [-0.1, -0.05) is 31.0 Å². The molecule has 0 aromatic heterocycles. The first kappa shape index (κ1) is 16.5. The number of nitriles is 1. The summed E-state index contributed by atoms with van der Waals surface area (Å²) in [6.45, 7) is 4.12. The molecule has 0 heterocycles. The number of hydrogen-bond acceptors (Lipinski definition) is 2. The van der Waals surface area contributed by atoms with E-state index >= 15 is 0 Å². The molecule has 0 saturated heterocycles. The van der Waals surface area contributed by atoms with Gasteiger partial charge in [-0.2, -0.15) is 5.26 Å². The van der Waals surface area contributed by atoms with Crippen molar-refractivity contribution in [3.63, 3.8) is 0 Å². The summed E-state index contributed by atoms with van der Waals surface area (Å²) in [7, 11) is 1.70. The van der Waals surface area contributed by atoms with Crippen LogP contribution in [0.4, 0.5) is 0 Å². The largest absolute Gasteiger partial charge is 0.264 e. The van der Waals surface area contributed by atoms with E-state index in [0.29, 0.717) is 4.74 Å². The average molecular weight is 308 g/mol. The van der Waals surface area contributed by atoms with Gasteiger partial charge in [-0.05, 0) is 41.4 Å². The van der Waals surface area contributed by atoms with Crippen molar-refractivity contribution in [2.75, 3.05) is 7.05 Å². The fourth-order valence-electron chi connectivity index (χ4n) is 0.955. The number of halogens is 1. The lowest BCUT2D eigenvalue weighted by atomic mass is 10.2. The van der Waals surface area contributed by atoms with Crippen molar-refractivity contribution >= 4 is 26.9 Å². The smallest absolute Gasteiger partial charge is 0.191 e. The molecule has 0 spiro atoms. The number of unbranched alkanes of at least 4 members (excludes halogenated alkanes) is 1. The molecular weight excluding hydrogens is 290 g/mol. The van der Waals surface area contributed by atoms with Gasteiger partial charge in [-0.15, -0.1) is 0 Å². The Balaban J connectivity index is 0.000000321. The molecule has 96 valence electrons. The Bertz CT molecular complexity index is 427. The summed E-state index contributed by atoms with van der Waals surface area (Å²) in [4.78, 5) is 7.77. The van der Waals surface area contributed by atoms with Gasteiger partial charge in [0, 0.05) is 13.3 Å². The minimum absolute atomic E-state index is 0.663. The van der Waals surface area contributed by atoms with Crippen LogP contribution in [-0.2, 0) is 0 Å². The molecule has 4 heteroatoms. The Hall–Kier alpha value is -1.47. The van der Waals surface area contributed by atoms with E-state index in [1.807, 2.05) is 37.4 Å². The third kappa shape index (κ3) is 8.66. The molecule has 0 bridgehead atoms. The van der Waals surface area contributed by atoms with Gasteiger partial charge in [0.05, 0.1) is 11.6 Å². The number of aryl methyl sites for hydroxylation is 1. The lowest BCUT2D eigenvalue weighted by Crippen LogP contribution is -1.80. The van der Waals surface area contributed by atoms with E-state index < -0.39 is 0 Å². The number of rotatable bonds is 2. The lowest BCUT2D eigenvalue weighted by molar-refractivity contribution is 1.01. The zero-order chi connectivity index (χ0) is 13.8. The number of hydrogen-bond donors (Lipinski definition) is 0. The van der Waals surface area contributed by atoms with Crippen LogP contribution >= 0.6 is 15.9 Å². The van der Waals surface area contributed by atoms with E-state index in [1.165, 1.54) is 5.56 Å². The number of nitrogens with zero attached hydrogens (tertiary/aromatic N) is 3. The van der Waals surface area contributed by atoms with Gasteiger partial charge in [0.15, 0.2) is 4.74 Å². The van der Waals surface area contributed by atoms with E-state index in [4.69, 9.17) is 5.26 Å². The third-order valence-corrected chi connectivity index (χ3v) is 2.54. The highest BCUT2D eigenvalue weighted by atomic mass is 79.9. The molecule has 0 N–H and O–H groups in total. The second kappa shape index (κ2) is 10.7. The first-order valence-corrected chi connectivity index (χ1v) is 6.54. The van der Waals surface area contributed by atoms with Crippen LogP contribution in [0, 0.1) is 18.3 Å². The van der Waals surface area contributed by atoms with Crippen LogP contribution in [0.1, 0.15) is 30.9 Å². The van der Waals surface area contributed by atoms with Gasteiger partial charge in [0.2, 0.25) is 0 Å². The van der Waals surface area contributed by atoms with Crippen LogP contribution in [0.2, 0.25) is 0 Å². The third-order valence-electron chi connectivity index (χ3n) is 1.98. The molecule has 1 rings (SSSR count). The lowest BCUT2D eigenvalue weighted by Gasteiger charge is -1.88. The van der Waals surface area contributed by atoms with Crippen molar-refractivity contribution < 1.29 is 0 Å². The molecule has 3 nitrogen and oxygen atoms in total. The Kier molecular flexibility index (Phi) is 9.80. The SMILES string of the molecule is CCC/C=N\C(Br)=NC.Cc1ccc(C#N)cc1. The average Bonchev–Trinajstić information content (AvgIpc) is 2.40. The van der Waals surface area contributed by atoms with Crippen molar-refractivity contribution in [3.8, 4) is 6.07 Å². The fourth-order valence-corrected chi connectivity index (χ4v) is 1.10. The molecular formula is C14H18BrN3. The molecule has 0 unspecified atom stereocenters. The van der Waals surface area contributed by atoms with Crippen molar-refractivity contribution in [2.24, 2.45) is 9.98 Å². The van der Waals surface area contributed by atoms with Crippen LogP contribution < -0.4 is 0 Å². The van der Waals surface area contributed by atoms with Gasteiger partial charge in [0.1, 0.15) is 0 Å². The van der Waals surface area contributed by atoms with Gasteiger partial charge in [-0.25, -0.2) is 4.99 Å². The maximum Gasteiger partial charge on any atom is 0.191 e. The van der Waals surface area contributed by atoms with E-state index in [1.54, 1.807) is 7.05 Å². The van der Waals surface area contributed by atoms with Crippen LogP contribution in [0.5, 0.6) is 0 Å². The summed E-state index contributed by atoms with van der Waals surface area (Å²) < 4.78 is 0.663. The van der Waals surface area contributed by atoms with Crippen LogP contribution in [0.3, 0.4) is 0 Å². The van der Waals surface area contributed by atoms with Gasteiger partial charge >= 0.3 is 0 Å². The maximum absolute atomic E-state index is 8.38. The van der Waals surface area contributed by atoms with E-state index in [9.17, 15) is 0 Å². The normalized spacial score (nSPS) is 10.7. The minimum atomic E-state index is 0.663. The molecule has 1 aromatic carbocycles. The standard InChI is InChI=1S/C8H7N.C6H11BrN2/c1-7-2-4-8(6-9)5-3-7;1-3-4-5-9-6(7)8-2/h2-5H,1H3;5H,3-4H2,1-2H3/b;8-6?,9-5-. The topological polar surface area (TPSA) is 48.5 Å². The van der Waals surface area contributed by atoms with Gasteiger partial charge in [0.25, 0.3) is 0 Å². The summed E-state index contributed by atoms with van der Waals surface area (Å²) >= 11 is 3.16. The fraction of sp³-hybridized carbons (Fsp3) is 0.357. The monoisotopic (exact) mass is 307 g/mol. The first-order chi connectivity index (χ1) is 8.63. The molecule has 0 fully saturated rings. The van der Waals surface area contributed by atoms with E-state index in [-0.39, 0.29) is 0 Å². The zero-order valence-electron chi connectivity index (χ0n) is 11.0. The summed E-state index contributed by atoms with van der Waals surface area (Å²) in [6, 6.07) is 9.54. The minimum Gasteiger partial charge on any atom is -0.264 e.